The molecule has 5 nitrogen and oxygen atoms in total. The fourth-order valence-electron chi connectivity index (χ4n) is 1.28. The van der Waals surface area contributed by atoms with Gasteiger partial charge in [-0.25, -0.2) is 0 Å². The van der Waals surface area contributed by atoms with Crippen LogP contribution >= 0.6 is 11.3 Å². The summed E-state index contributed by atoms with van der Waals surface area (Å²) in [5.74, 6) is -1.14. The maximum absolute atomic E-state index is 10.4. The molecule has 0 spiro atoms. The third kappa shape index (κ3) is 3.57. The van der Waals surface area contributed by atoms with Gasteiger partial charge in [-0.05, 0) is 17.0 Å². The van der Waals surface area contributed by atoms with Gasteiger partial charge in [-0.1, -0.05) is 0 Å². The quantitative estimate of drug-likeness (QED) is 0.690. The van der Waals surface area contributed by atoms with Crippen molar-refractivity contribution in [1.82, 2.24) is 0 Å². The summed E-state index contributed by atoms with van der Waals surface area (Å²) in [5, 5.41) is 29.3. The summed E-state index contributed by atoms with van der Waals surface area (Å²) in [7, 11) is 1.56. The molecule has 2 atom stereocenters. The highest BCUT2D eigenvalue weighted by Crippen LogP contribution is 2.25. The topological polar surface area (TPSA) is 87.0 Å². The lowest BCUT2D eigenvalue weighted by Gasteiger charge is -2.14. The molecule has 6 heteroatoms. The van der Waals surface area contributed by atoms with Crippen LogP contribution in [0.25, 0.3) is 0 Å². The molecule has 0 bridgehead atoms. The number of hydrogen-bond donors (Lipinski definition) is 3. The zero-order valence-corrected chi connectivity index (χ0v) is 9.61. The van der Waals surface area contributed by atoms with Crippen LogP contribution in [0.3, 0.4) is 0 Å². The van der Waals surface area contributed by atoms with E-state index >= 15 is 0 Å². The van der Waals surface area contributed by atoms with Gasteiger partial charge >= 0.3 is 5.97 Å². The van der Waals surface area contributed by atoms with Crippen LogP contribution in [-0.2, 0) is 16.1 Å². The van der Waals surface area contributed by atoms with E-state index in [1.165, 1.54) is 11.3 Å². The predicted octanol–water partition coefficient (Wildman–Crippen LogP) is 0.763. The first kappa shape index (κ1) is 13.1. The van der Waals surface area contributed by atoms with Gasteiger partial charge in [0.1, 0.15) is 6.10 Å². The van der Waals surface area contributed by atoms with Crippen molar-refractivity contribution in [2.24, 2.45) is 0 Å². The molecule has 90 valence electrons. The van der Waals surface area contributed by atoms with E-state index < -0.39 is 24.6 Å². The lowest BCUT2D eigenvalue weighted by molar-refractivity contribution is -0.141. The minimum Gasteiger partial charge on any atom is -0.481 e. The van der Waals surface area contributed by atoms with Gasteiger partial charge in [0.25, 0.3) is 0 Å². The van der Waals surface area contributed by atoms with Gasteiger partial charge in [-0.3, -0.25) is 4.79 Å². The number of aliphatic carboxylic acids is 1. The van der Waals surface area contributed by atoms with E-state index in [0.29, 0.717) is 12.2 Å². The maximum atomic E-state index is 10.4. The lowest BCUT2D eigenvalue weighted by Crippen LogP contribution is -2.21. The highest BCUT2D eigenvalue weighted by atomic mass is 32.1. The summed E-state index contributed by atoms with van der Waals surface area (Å²) in [6.07, 6.45) is -2.93. The Kier molecular flexibility index (Phi) is 4.88. The molecule has 3 N–H and O–H groups in total. The molecule has 0 aromatic carbocycles. The van der Waals surface area contributed by atoms with Crippen LogP contribution in [-0.4, -0.2) is 34.5 Å². The second-order valence-corrected chi connectivity index (χ2v) is 4.39. The first-order valence-electron chi connectivity index (χ1n) is 4.68. The number of carboxylic acids is 1. The molecule has 0 aliphatic carbocycles. The fraction of sp³-hybridized carbons (Fsp3) is 0.500. The molecule has 1 rings (SSSR count). The highest BCUT2D eigenvalue weighted by Gasteiger charge is 2.22. The standard InChI is InChI=1S/C10H14O5S/c1-15-4-7-2-6(5-16-7)10(14)8(11)3-9(12)13/h2,5,8,10-11,14H,3-4H2,1H3,(H,12,13). The Hall–Kier alpha value is -0.950. The molecular weight excluding hydrogens is 232 g/mol. The Labute approximate surface area is 96.9 Å². The number of methoxy groups -OCH3 is 1. The molecular formula is C10H14O5S. The van der Waals surface area contributed by atoms with Crippen LogP contribution in [0.5, 0.6) is 0 Å². The summed E-state index contributed by atoms with van der Waals surface area (Å²) in [6, 6.07) is 1.70. The van der Waals surface area contributed by atoms with Crippen LogP contribution in [0, 0.1) is 0 Å². The monoisotopic (exact) mass is 246 g/mol. The van der Waals surface area contributed by atoms with E-state index in [-0.39, 0.29) is 0 Å². The van der Waals surface area contributed by atoms with Crippen molar-refractivity contribution < 1.29 is 24.9 Å². The summed E-state index contributed by atoms with van der Waals surface area (Å²) in [4.78, 5) is 11.3. The van der Waals surface area contributed by atoms with E-state index in [4.69, 9.17) is 9.84 Å². The Morgan fingerprint density at radius 1 is 1.56 bits per heavy atom. The molecule has 0 saturated carbocycles. The molecule has 0 amide bonds. The predicted molar refractivity (Wildman–Crippen MR) is 58.3 cm³/mol. The van der Waals surface area contributed by atoms with E-state index in [2.05, 4.69) is 0 Å². The molecule has 0 aliphatic rings. The van der Waals surface area contributed by atoms with Gasteiger partial charge in [-0.2, -0.15) is 0 Å². The first-order valence-corrected chi connectivity index (χ1v) is 5.56. The average molecular weight is 246 g/mol. The number of thiophene rings is 1. The van der Waals surface area contributed by atoms with Crippen LogP contribution in [0.4, 0.5) is 0 Å². The normalized spacial score (nSPS) is 14.7. The summed E-state index contributed by atoms with van der Waals surface area (Å²) < 4.78 is 4.92. The number of aliphatic hydroxyl groups is 2. The van der Waals surface area contributed by atoms with Crippen molar-refractivity contribution in [2.45, 2.75) is 25.2 Å². The highest BCUT2D eigenvalue weighted by molar-refractivity contribution is 7.10. The Balaban J connectivity index is 2.64. The SMILES string of the molecule is COCc1cc(C(O)C(O)CC(=O)O)cs1. The van der Waals surface area contributed by atoms with E-state index in [1.54, 1.807) is 18.6 Å². The van der Waals surface area contributed by atoms with Crippen LogP contribution in [0.1, 0.15) is 23.0 Å². The molecule has 1 aromatic rings. The van der Waals surface area contributed by atoms with Gasteiger partial charge < -0.3 is 20.1 Å². The van der Waals surface area contributed by atoms with Crippen molar-refractivity contribution in [2.75, 3.05) is 7.11 Å². The maximum Gasteiger partial charge on any atom is 0.306 e. The van der Waals surface area contributed by atoms with Crippen LogP contribution in [0.2, 0.25) is 0 Å². The fourth-order valence-corrected chi connectivity index (χ4v) is 2.17. The number of carbonyl (C=O) groups is 1. The molecule has 0 aliphatic heterocycles. The Morgan fingerprint density at radius 2 is 2.25 bits per heavy atom. The smallest absolute Gasteiger partial charge is 0.306 e. The van der Waals surface area contributed by atoms with Crippen LogP contribution < -0.4 is 0 Å². The van der Waals surface area contributed by atoms with Crippen molar-refractivity contribution in [3.8, 4) is 0 Å². The molecule has 1 aromatic heterocycles. The van der Waals surface area contributed by atoms with Crippen LogP contribution in [0.15, 0.2) is 11.4 Å². The van der Waals surface area contributed by atoms with Gasteiger partial charge in [0.15, 0.2) is 0 Å². The van der Waals surface area contributed by atoms with Gasteiger partial charge in [0, 0.05) is 12.0 Å². The number of ether oxygens (including phenoxy) is 1. The molecule has 0 fully saturated rings. The Morgan fingerprint density at radius 3 is 2.81 bits per heavy atom. The minimum atomic E-state index is -1.29. The number of rotatable bonds is 6. The van der Waals surface area contributed by atoms with Crippen molar-refractivity contribution in [3.63, 3.8) is 0 Å². The zero-order chi connectivity index (χ0) is 12.1. The average Bonchev–Trinajstić information content (AvgIpc) is 2.64. The van der Waals surface area contributed by atoms with E-state index in [0.717, 1.165) is 4.88 Å². The first-order chi connectivity index (χ1) is 7.54. The minimum absolute atomic E-state index is 0.437. The second-order valence-electron chi connectivity index (χ2n) is 3.39. The summed E-state index contributed by atoms with van der Waals surface area (Å²) in [6.45, 7) is 0.437. The molecule has 16 heavy (non-hydrogen) atoms. The zero-order valence-electron chi connectivity index (χ0n) is 8.79. The summed E-state index contributed by atoms with van der Waals surface area (Å²) in [5.41, 5.74) is 0.519. The second kappa shape index (κ2) is 5.95. The molecule has 0 radical (unpaired) electrons. The Bertz CT molecular complexity index is 349. The van der Waals surface area contributed by atoms with E-state index in [9.17, 15) is 15.0 Å². The molecule has 2 unspecified atom stereocenters. The molecule has 0 saturated heterocycles. The number of hydrogen-bond acceptors (Lipinski definition) is 5. The van der Waals surface area contributed by atoms with Gasteiger partial charge in [-0.15, -0.1) is 11.3 Å². The number of carboxylic acid groups (broad SMARTS) is 1. The van der Waals surface area contributed by atoms with E-state index in [1.807, 2.05) is 0 Å². The largest absolute Gasteiger partial charge is 0.481 e. The van der Waals surface area contributed by atoms with Gasteiger partial charge in [0.05, 0.1) is 19.1 Å². The summed E-state index contributed by atoms with van der Waals surface area (Å²) >= 11 is 1.40. The third-order valence-electron chi connectivity index (χ3n) is 2.05. The lowest BCUT2D eigenvalue weighted by atomic mass is 10.1. The van der Waals surface area contributed by atoms with Crippen molar-refractivity contribution >= 4 is 17.3 Å². The molecule has 1 heterocycles. The van der Waals surface area contributed by atoms with Crippen molar-refractivity contribution in [1.29, 1.82) is 0 Å². The third-order valence-corrected chi connectivity index (χ3v) is 2.98. The number of aliphatic hydroxyl groups excluding tert-OH is 2. The van der Waals surface area contributed by atoms with Gasteiger partial charge in [0.2, 0.25) is 0 Å². The van der Waals surface area contributed by atoms with Crippen molar-refractivity contribution in [3.05, 3.63) is 21.9 Å².